The molecule has 4 heteroatoms. The maximum absolute atomic E-state index is 10.8. The van der Waals surface area contributed by atoms with Crippen molar-refractivity contribution < 1.29 is 19.3 Å². The number of ether oxygens (including phenoxy) is 3. The molecule has 0 aromatic heterocycles. The van der Waals surface area contributed by atoms with Gasteiger partial charge in [0.25, 0.3) is 0 Å². The molecule has 2 aliphatic carbocycles. The van der Waals surface area contributed by atoms with Crippen LogP contribution in [0.2, 0.25) is 0 Å². The largest absolute Gasteiger partial charge is 0.389 e. The van der Waals surface area contributed by atoms with Crippen molar-refractivity contribution in [3.63, 3.8) is 0 Å². The summed E-state index contributed by atoms with van der Waals surface area (Å²) in [5, 5.41) is 10.8. The minimum atomic E-state index is -0.527. The van der Waals surface area contributed by atoms with E-state index >= 15 is 0 Å². The van der Waals surface area contributed by atoms with E-state index in [2.05, 4.69) is 52.5 Å². The van der Waals surface area contributed by atoms with Crippen molar-refractivity contribution in [3.05, 3.63) is 12.2 Å². The molecule has 1 heterocycles. The maximum Gasteiger partial charge on any atom is 0.168 e. The van der Waals surface area contributed by atoms with Gasteiger partial charge in [-0.15, -0.1) is 5.92 Å². The minimum Gasteiger partial charge on any atom is -0.389 e. The maximum atomic E-state index is 10.8. The summed E-state index contributed by atoms with van der Waals surface area (Å²) in [5.74, 6) is 7.17. The lowest BCUT2D eigenvalue weighted by atomic mass is 9.77. The van der Waals surface area contributed by atoms with Crippen LogP contribution < -0.4 is 0 Å². The molecule has 3 aliphatic rings. The molecule has 0 amide bonds. The lowest BCUT2D eigenvalue weighted by Gasteiger charge is -2.42. The number of hydrogen-bond donors (Lipinski definition) is 1. The molecular formula is C25H40O4. The smallest absolute Gasteiger partial charge is 0.168 e. The van der Waals surface area contributed by atoms with Gasteiger partial charge in [-0.25, -0.2) is 0 Å². The summed E-state index contributed by atoms with van der Waals surface area (Å²) in [6.45, 7) is 14.0. The van der Waals surface area contributed by atoms with Gasteiger partial charge in [0.2, 0.25) is 0 Å². The van der Waals surface area contributed by atoms with Crippen LogP contribution in [0.25, 0.3) is 0 Å². The van der Waals surface area contributed by atoms with Crippen molar-refractivity contribution in [1.29, 1.82) is 0 Å². The van der Waals surface area contributed by atoms with Crippen LogP contribution in [0.3, 0.4) is 0 Å². The van der Waals surface area contributed by atoms with Gasteiger partial charge in [0.15, 0.2) is 5.79 Å². The first-order valence-electron chi connectivity index (χ1n) is 11.1. The Balaban J connectivity index is 1.69. The molecule has 29 heavy (non-hydrogen) atoms. The van der Waals surface area contributed by atoms with Crippen LogP contribution in [0.15, 0.2) is 12.2 Å². The van der Waals surface area contributed by atoms with E-state index in [0.717, 1.165) is 32.5 Å². The van der Waals surface area contributed by atoms with Crippen LogP contribution in [0, 0.1) is 46.3 Å². The summed E-state index contributed by atoms with van der Waals surface area (Å²) in [4.78, 5) is 0. The van der Waals surface area contributed by atoms with Crippen LogP contribution in [0.4, 0.5) is 0 Å². The van der Waals surface area contributed by atoms with Crippen molar-refractivity contribution in [1.82, 2.24) is 0 Å². The molecule has 1 N–H and O–H groups in total. The molecule has 6 atom stereocenters. The number of rotatable bonds is 5. The fourth-order valence-electron chi connectivity index (χ4n) is 5.36. The van der Waals surface area contributed by atoms with Gasteiger partial charge in [-0.2, -0.15) is 0 Å². The van der Waals surface area contributed by atoms with Gasteiger partial charge in [-0.1, -0.05) is 38.8 Å². The molecule has 1 aliphatic heterocycles. The van der Waals surface area contributed by atoms with E-state index in [1.807, 2.05) is 13.0 Å². The third-order valence-corrected chi connectivity index (χ3v) is 7.57. The number of fused-ring (bicyclic) bond motifs is 1. The van der Waals surface area contributed by atoms with Gasteiger partial charge in [0.1, 0.15) is 0 Å². The molecule has 1 saturated heterocycles. The second-order valence-electron chi connectivity index (χ2n) is 10.8. The van der Waals surface area contributed by atoms with Crippen molar-refractivity contribution in [3.8, 4) is 11.8 Å². The molecule has 3 rings (SSSR count). The van der Waals surface area contributed by atoms with Gasteiger partial charge in [-0.3, -0.25) is 0 Å². The lowest BCUT2D eigenvalue weighted by molar-refractivity contribution is -0.298. The average molecular weight is 405 g/mol. The second-order valence-corrected chi connectivity index (χ2v) is 10.8. The van der Waals surface area contributed by atoms with Crippen molar-refractivity contribution in [2.45, 2.75) is 78.8 Å². The summed E-state index contributed by atoms with van der Waals surface area (Å²) < 4.78 is 18.4. The van der Waals surface area contributed by atoms with Crippen molar-refractivity contribution in [2.24, 2.45) is 34.5 Å². The predicted octanol–water partition coefficient (Wildman–Crippen LogP) is 4.42. The van der Waals surface area contributed by atoms with E-state index in [1.54, 1.807) is 7.11 Å². The van der Waals surface area contributed by atoms with E-state index in [0.29, 0.717) is 11.8 Å². The molecule has 0 radical (unpaired) electrons. The number of methoxy groups -OCH3 is 1. The van der Waals surface area contributed by atoms with E-state index in [9.17, 15) is 5.11 Å². The third kappa shape index (κ3) is 4.74. The van der Waals surface area contributed by atoms with Crippen LogP contribution in [-0.2, 0) is 14.2 Å². The zero-order chi connectivity index (χ0) is 21.4. The molecule has 2 saturated carbocycles. The standard InChI is InChI=1S/C25H40O4/c1-8-11-24(5,6)17(2)21(26)10-9-19-20-14-25(13-18(20)12-22(19)27-7)28-15-23(3,4)16-29-25/h9-10,17-22,26H,12-16H2,1-7H3/b10-9+/t17?,18-,19-,20+,21-,22-/m1/s1. The topological polar surface area (TPSA) is 47.9 Å². The van der Waals surface area contributed by atoms with Crippen LogP contribution in [-0.4, -0.2) is 43.4 Å². The number of aliphatic hydroxyl groups is 1. The van der Waals surface area contributed by atoms with Gasteiger partial charge < -0.3 is 19.3 Å². The molecule has 1 unspecified atom stereocenters. The Hall–Kier alpha value is -0.860. The quantitative estimate of drug-likeness (QED) is 0.544. The highest BCUT2D eigenvalue weighted by atomic mass is 16.7. The lowest BCUT2D eigenvalue weighted by Crippen LogP contribution is -2.46. The highest BCUT2D eigenvalue weighted by molar-refractivity contribution is 5.14. The number of hydrogen-bond acceptors (Lipinski definition) is 4. The second kappa shape index (κ2) is 8.35. The molecule has 1 spiro atoms. The molecule has 0 aromatic carbocycles. The van der Waals surface area contributed by atoms with Crippen molar-refractivity contribution >= 4 is 0 Å². The Morgan fingerprint density at radius 2 is 1.86 bits per heavy atom. The monoisotopic (exact) mass is 404 g/mol. The predicted molar refractivity (Wildman–Crippen MR) is 115 cm³/mol. The molecular weight excluding hydrogens is 364 g/mol. The van der Waals surface area contributed by atoms with Crippen LogP contribution in [0.5, 0.6) is 0 Å². The van der Waals surface area contributed by atoms with Gasteiger partial charge in [0, 0.05) is 42.6 Å². The summed E-state index contributed by atoms with van der Waals surface area (Å²) in [7, 11) is 1.80. The average Bonchev–Trinajstić information content (AvgIpc) is 3.16. The van der Waals surface area contributed by atoms with E-state index < -0.39 is 11.9 Å². The molecule has 3 fully saturated rings. The first-order chi connectivity index (χ1) is 13.5. The van der Waals surface area contributed by atoms with Crippen LogP contribution in [0.1, 0.15) is 60.8 Å². The Morgan fingerprint density at radius 1 is 1.21 bits per heavy atom. The summed E-state index contributed by atoms with van der Waals surface area (Å²) >= 11 is 0. The molecule has 0 bridgehead atoms. The van der Waals surface area contributed by atoms with E-state index in [1.165, 1.54) is 0 Å². The normalized spacial score (nSPS) is 35.3. The fourth-order valence-corrected chi connectivity index (χ4v) is 5.36. The Labute approximate surface area is 177 Å². The fraction of sp³-hybridized carbons (Fsp3) is 0.840. The number of aliphatic hydroxyl groups excluding tert-OH is 1. The van der Waals surface area contributed by atoms with Gasteiger partial charge in [-0.05, 0) is 39.0 Å². The van der Waals surface area contributed by atoms with E-state index in [4.69, 9.17) is 14.2 Å². The Kier molecular flexibility index (Phi) is 6.57. The molecule has 0 aromatic rings. The highest BCUT2D eigenvalue weighted by Gasteiger charge is 2.56. The molecule has 4 nitrogen and oxygen atoms in total. The summed E-state index contributed by atoms with van der Waals surface area (Å²) in [6, 6.07) is 0. The third-order valence-electron chi connectivity index (χ3n) is 7.57. The van der Waals surface area contributed by atoms with Gasteiger partial charge >= 0.3 is 0 Å². The first-order valence-corrected chi connectivity index (χ1v) is 11.1. The highest BCUT2D eigenvalue weighted by Crippen LogP contribution is 2.55. The van der Waals surface area contributed by atoms with E-state index in [-0.39, 0.29) is 28.8 Å². The summed E-state index contributed by atoms with van der Waals surface area (Å²) in [5.41, 5.74) is -0.142. The zero-order valence-electron chi connectivity index (χ0n) is 19.3. The van der Waals surface area contributed by atoms with Gasteiger partial charge in [0.05, 0.1) is 25.4 Å². The molecule has 164 valence electrons. The minimum absolute atomic E-state index is 0.0477. The van der Waals surface area contributed by atoms with Crippen molar-refractivity contribution in [2.75, 3.05) is 20.3 Å². The Morgan fingerprint density at radius 3 is 2.45 bits per heavy atom. The first kappa shape index (κ1) is 22.8. The Bertz CT molecular complexity index is 658. The zero-order valence-corrected chi connectivity index (χ0v) is 19.3. The SMILES string of the molecule is CC#CC(C)(C)C(C)[C@H](O)/C=C/[C@@H]1[C@H]2CC3(C[C@H]2C[C@H]1OC)OCC(C)(C)CO3. The van der Waals surface area contributed by atoms with Crippen LogP contribution >= 0.6 is 0 Å². The summed E-state index contributed by atoms with van der Waals surface area (Å²) in [6.07, 6.45) is 6.75.